The number of nitrogens with one attached hydrogen (secondary N) is 1. The second-order valence-electron chi connectivity index (χ2n) is 7.86. The van der Waals surface area contributed by atoms with Gasteiger partial charge in [-0.3, -0.25) is 14.5 Å². The van der Waals surface area contributed by atoms with Gasteiger partial charge in [-0.1, -0.05) is 12.1 Å². The fraction of sp³-hybridized carbons (Fsp3) is 0.174. The van der Waals surface area contributed by atoms with Crippen LogP contribution in [0.3, 0.4) is 0 Å². The number of azo groups is 1. The molecule has 1 unspecified atom stereocenters. The molecule has 2 aliphatic heterocycles. The van der Waals surface area contributed by atoms with E-state index in [2.05, 4.69) is 31.5 Å². The molecule has 0 fully saturated rings. The van der Waals surface area contributed by atoms with E-state index in [9.17, 15) is 25.1 Å². The van der Waals surface area contributed by atoms with E-state index in [-0.39, 0.29) is 32.6 Å². The van der Waals surface area contributed by atoms with E-state index in [1.165, 1.54) is 19.2 Å². The number of imide groups is 1. The quantitative estimate of drug-likeness (QED) is 0.353. The van der Waals surface area contributed by atoms with Gasteiger partial charge in [-0.2, -0.15) is 5.26 Å². The van der Waals surface area contributed by atoms with Crippen molar-refractivity contribution in [3.63, 3.8) is 0 Å². The summed E-state index contributed by atoms with van der Waals surface area (Å²) in [6, 6.07) is 10.2. The molecule has 0 spiro atoms. The van der Waals surface area contributed by atoms with Crippen LogP contribution in [-0.2, 0) is 6.42 Å². The molecule has 10 heteroatoms. The lowest BCUT2D eigenvalue weighted by molar-refractivity contribution is 0.0692. The van der Waals surface area contributed by atoms with Crippen LogP contribution in [0, 0.1) is 11.3 Å². The molecular formula is C23H16BrN5O4. The van der Waals surface area contributed by atoms with Gasteiger partial charge in [0.1, 0.15) is 17.5 Å². The molecule has 0 bridgehead atoms. The van der Waals surface area contributed by atoms with Crippen LogP contribution in [0.1, 0.15) is 31.8 Å². The van der Waals surface area contributed by atoms with Gasteiger partial charge in [-0.05, 0) is 39.7 Å². The Morgan fingerprint density at radius 3 is 2.79 bits per heavy atom. The van der Waals surface area contributed by atoms with Gasteiger partial charge in [-0.15, -0.1) is 10.2 Å². The van der Waals surface area contributed by atoms with Crippen LogP contribution in [0.4, 0.5) is 17.1 Å². The number of hydrogen-bond acceptors (Lipinski definition) is 8. The third kappa shape index (κ3) is 3.16. The molecule has 2 heterocycles. The number of carbonyl (C=O) groups excluding carboxylic acids is 2. The van der Waals surface area contributed by atoms with E-state index in [0.717, 1.165) is 21.5 Å². The van der Waals surface area contributed by atoms with Crippen molar-refractivity contribution in [3.8, 4) is 11.8 Å². The number of amides is 2. The van der Waals surface area contributed by atoms with Gasteiger partial charge in [0.15, 0.2) is 0 Å². The first kappa shape index (κ1) is 21.1. The highest BCUT2D eigenvalue weighted by Crippen LogP contribution is 2.44. The van der Waals surface area contributed by atoms with Crippen LogP contribution in [-0.4, -0.2) is 46.6 Å². The molecule has 5 rings (SSSR count). The molecule has 9 nitrogen and oxygen atoms in total. The minimum Gasteiger partial charge on any atom is -0.507 e. The maximum atomic E-state index is 12.5. The largest absolute Gasteiger partial charge is 0.507 e. The average molecular weight is 506 g/mol. The molecule has 0 aromatic heterocycles. The predicted molar refractivity (Wildman–Crippen MR) is 123 cm³/mol. The number of phenolic OH excluding ortho intramolecular Hbond substituents is 1. The van der Waals surface area contributed by atoms with E-state index in [0.29, 0.717) is 24.0 Å². The molecule has 3 aromatic carbocycles. The van der Waals surface area contributed by atoms with E-state index in [1.54, 1.807) is 12.1 Å². The first-order chi connectivity index (χ1) is 15.8. The SMILES string of the molecule is CN1C(=O)c2cc(C#N)c(/N=N/c3cc4c(c5cccc(O)c35)NCC(O)C4)c(Br)c2C1=O. The van der Waals surface area contributed by atoms with Crippen molar-refractivity contribution >= 4 is 55.6 Å². The minimum absolute atomic E-state index is 0.00750. The number of halogens is 1. The summed E-state index contributed by atoms with van der Waals surface area (Å²) in [6.07, 6.45) is -0.153. The lowest BCUT2D eigenvalue weighted by Gasteiger charge is -2.24. The fourth-order valence-electron chi connectivity index (χ4n) is 4.24. The topological polar surface area (TPSA) is 138 Å². The Labute approximate surface area is 196 Å². The molecular weight excluding hydrogens is 490 g/mol. The number of nitrogens with zero attached hydrogens (tertiary/aromatic N) is 4. The number of anilines is 1. The van der Waals surface area contributed by atoms with Gasteiger partial charge >= 0.3 is 0 Å². The smallest absolute Gasteiger partial charge is 0.262 e. The highest BCUT2D eigenvalue weighted by Gasteiger charge is 2.37. The summed E-state index contributed by atoms with van der Waals surface area (Å²) in [4.78, 5) is 25.8. The molecule has 3 aromatic rings. The number of aliphatic hydroxyl groups is 1. The van der Waals surface area contributed by atoms with Crippen LogP contribution in [0.25, 0.3) is 10.8 Å². The third-order valence-electron chi connectivity index (χ3n) is 5.84. The Morgan fingerprint density at radius 2 is 2.03 bits per heavy atom. The molecule has 1 atom stereocenters. The van der Waals surface area contributed by atoms with Crippen LogP contribution in [0.5, 0.6) is 5.75 Å². The molecule has 2 aliphatic rings. The lowest BCUT2D eigenvalue weighted by Crippen LogP contribution is -2.27. The van der Waals surface area contributed by atoms with Gasteiger partial charge in [0, 0.05) is 31.1 Å². The van der Waals surface area contributed by atoms with Crippen molar-refractivity contribution in [2.24, 2.45) is 10.2 Å². The summed E-state index contributed by atoms with van der Waals surface area (Å²) in [7, 11) is 1.37. The van der Waals surface area contributed by atoms with Crippen molar-refractivity contribution in [1.82, 2.24) is 4.90 Å². The highest BCUT2D eigenvalue weighted by molar-refractivity contribution is 9.10. The zero-order chi connectivity index (χ0) is 23.4. The summed E-state index contributed by atoms with van der Waals surface area (Å²) in [6.45, 7) is 0.396. The predicted octanol–water partition coefficient (Wildman–Crippen LogP) is 4.15. The van der Waals surface area contributed by atoms with Crippen molar-refractivity contribution in [1.29, 1.82) is 5.26 Å². The van der Waals surface area contributed by atoms with Gasteiger partial charge in [-0.25, -0.2) is 0 Å². The number of benzene rings is 3. The van der Waals surface area contributed by atoms with Crippen molar-refractivity contribution in [2.45, 2.75) is 12.5 Å². The molecule has 33 heavy (non-hydrogen) atoms. The lowest BCUT2D eigenvalue weighted by atomic mass is 9.95. The van der Waals surface area contributed by atoms with Gasteiger partial charge in [0.05, 0.1) is 38.3 Å². The normalized spacial score (nSPS) is 17.3. The molecule has 2 amide bonds. The number of fused-ring (bicyclic) bond motifs is 4. The summed E-state index contributed by atoms with van der Waals surface area (Å²) < 4.78 is 0.201. The first-order valence-electron chi connectivity index (χ1n) is 10.0. The van der Waals surface area contributed by atoms with Gasteiger partial charge < -0.3 is 15.5 Å². The Kier molecular flexibility index (Phi) is 4.88. The van der Waals surface area contributed by atoms with Crippen molar-refractivity contribution < 1.29 is 19.8 Å². The number of β-amino-alcohol motifs (C(OH)–C–C–N with tert-alkyl or cyclic N) is 1. The van der Waals surface area contributed by atoms with Crippen molar-refractivity contribution in [2.75, 3.05) is 18.9 Å². The van der Waals surface area contributed by atoms with E-state index in [1.807, 2.05) is 12.1 Å². The van der Waals surface area contributed by atoms with E-state index >= 15 is 0 Å². The standard InChI is InChI=1S/C23H16BrN5O4/c1-29-22(32)14-6-11(8-25)21(19(24)18(14)23(29)33)28-27-15-7-10-5-12(30)9-26-20(10)13-3-2-4-16(31)17(13)15/h2-4,6-7,12,26,30-31H,5,9H2,1H3/b28-27+. The first-order valence-corrected chi connectivity index (χ1v) is 10.8. The monoisotopic (exact) mass is 505 g/mol. The summed E-state index contributed by atoms with van der Waals surface area (Å²) >= 11 is 3.33. The second kappa shape index (κ2) is 7.65. The Balaban J connectivity index is 1.70. The van der Waals surface area contributed by atoms with Crippen LogP contribution < -0.4 is 5.32 Å². The maximum absolute atomic E-state index is 12.5. The van der Waals surface area contributed by atoms with Gasteiger partial charge in [0.2, 0.25) is 0 Å². The van der Waals surface area contributed by atoms with Gasteiger partial charge in [0.25, 0.3) is 11.8 Å². The minimum atomic E-state index is -0.561. The number of aromatic hydroxyl groups is 1. The zero-order valence-electron chi connectivity index (χ0n) is 17.3. The number of carbonyl (C=O) groups is 2. The van der Waals surface area contributed by atoms with Crippen LogP contribution in [0.15, 0.2) is 45.0 Å². The third-order valence-corrected chi connectivity index (χ3v) is 6.61. The average Bonchev–Trinajstić information content (AvgIpc) is 3.01. The maximum Gasteiger partial charge on any atom is 0.262 e. The summed E-state index contributed by atoms with van der Waals surface area (Å²) in [5, 5.41) is 43.2. The fourth-order valence-corrected chi connectivity index (χ4v) is 4.92. The van der Waals surface area contributed by atoms with E-state index in [4.69, 9.17) is 0 Å². The highest BCUT2D eigenvalue weighted by atomic mass is 79.9. The van der Waals surface area contributed by atoms with Crippen molar-refractivity contribution in [3.05, 3.63) is 57.1 Å². The molecule has 0 aliphatic carbocycles. The van der Waals surface area contributed by atoms with Crippen LogP contribution in [0.2, 0.25) is 0 Å². The Hall–Kier alpha value is -3.81. The summed E-state index contributed by atoms with van der Waals surface area (Å²) in [5.74, 6) is -0.986. The second-order valence-corrected chi connectivity index (χ2v) is 8.65. The molecule has 164 valence electrons. The summed E-state index contributed by atoms with van der Waals surface area (Å²) in [5.41, 5.74) is 2.40. The number of rotatable bonds is 2. The number of aliphatic hydroxyl groups excluding tert-OH is 1. The Morgan fingerprint density at radius 1 is 1.24 bits per heavy atom. The number of nitriles is 1. The Bertz CT molecular complexity index is 1460. The zero-order valence-corrected chi connectivity index (χ0v) is 18.8. The van der Waals surface area contributed by atoms with E-state index < -0.39 is 17.9 Å². The molecule has 0 saturated carbocycles. The number of hydrogen-bond donors (Lipinski definition) is 3. The molecule has 0 saturated heterocycles. The molecule has 0 radical (unpaired) electrons. The van der Waals surface area contributed by atoms with Crippen LogP contribution >= 0.6 is 15.9 Å². The number of phenols is 1. The molecule has 3 N–H and O–H groups in total.